The number of benzene rings is 1. The first-order valence-corrected chi connectivity index (χ1v) is 11.7. The molecule has 0 radical (unpaired) electrons. The van der Waals surface area contributed by atoms with Gasteiger partial charge >= 0.3 is 0 Å². The third kappa shape index (κ3) is 4.64. The number of anilines is 4. The van der Waals surface area contributed by atoms with Crippen LogP contribution in [-0.2, 0) is 7.05 Å². The fraction of sp³-hybridized carbons (Fsp3) is 0.400. The lowest BCUT2D eigenvalue weighted by atomic mass is 10.2. The topological polar surface area (TPSA) is 88.6 Å². The van der Waals surface area contributed by atoms with E-state index in [4.69, 9.17) is 10.5 Å². The number of hydrogen-bond acceptors (Lipinski definition) is 8. The van der Waals surface area contributed by atoms with Crippen molar-refractivity contribution in [2.75, 3.05) is 60.3 Å². The number of nitrogen functional groups attached to an aromatic ring is 1. The predicted molar refractivity (Wildman–Crippen MR) is 136 cm³/mol. The normalized spacial score (nSPS) is 15.9. The molecule has 34 heavy (non-hydrogen) atoms. The van der Waals surface area contributed by atoms with Crippen molar-refractivity contribution in [2.45, 2.75) is 12.8 Å². The quantitative estimate of drug-likeness (QED) is 0.549. The molecule has 9 nitrogen and oxygen atoms in total. The predicted octanol–water partition coefficient (Wildman–Crippen LogP) is 3.01. The highest BCUT2D eigenvalue weighted by atomic mass is 16.5. The molecule has 0 atom stereocenters. The second-order valence-electron chi connectivity index (χ2n) is 9.07. The van der Waals surface area contributed by atoms with E-state index in [1.165, 1.54) is 18.5 Å². The molecule has 3 heterocycles. The SMILES string of the molecule is C=C(c1cnn(C)c1)N(C)c1ncnc(N2CCN(c3ccc(OCC4CC4)cc3)CC2)c1N. The van der Waals surface area contributed by atoms with E-state index in [1.54, 1.807) is 17.2 Å². The number of hydrogen-bond donors (Lipinski definition) is 1. The zero-order valence-electron chi connectivity index (χ0n) is 19.9. The molecular weight excluding hydrogens is 428 g/mol. The Kier molecular flexibility index (Phi) is 6.00. The number of aryl methyl sites for hydroxylation is 1. The van der Waals surface area contributed by atoms with Crippen molar-refractivity contribution < 1.29 is 4.74 Å². The van der Waals surface area contributed by atoms with E-state index in [1.807, 2.05) is 25.2 Å². The van der Waals surface area contributed by atoms with Gasteiger partial charge in [-0.25, -0.2) is 9.97 Å². The summed E-state index contributed by atoms with van der Waals surface area (Å²) in [6, 6.07) is 8.44. The van der Waals surface area contributed by atoms with Crippen LogP contribution in [0.2, 0.25) is 0 Å². The monoisotopic (exact) mass is 460 g/mol. The molecule has 1 aromatic carbocycles. The minimum absolute atomic E-state index is 0.556. The van der Waals surface area contributed by atoms with Gasteiger partial charge in [0.25, 0.3) is 0 Å². The Morgan fingerprint density at radius 2 is 1.82 bits per heavy atom. The van der Waals surface area contributed by atoms with Crippen LogP contribution in [0.1, 0.15) is 18.4 Å². The number of rotatable bonds is 8. The van der Waals surface area contributed by atoms with Gasteiger partial charge in [-0.3, -0.25) is 4.68 Å². The van der Waals surface area contributed by atoms with Gasteiger partial charge in [-0.1, -0.05) is 6.58 Å². The van der Waals surface area contributed by atoms with Gasteiger partial charge in [0, 0.05) is 63.4 Å². The lowest BCUT2D eigenvalue weighted by molar-refractivity contribution is 0.300. The largest absolute Gasteiger partial charge is 0.493 e. The molecule has 0 spiro atoms. The lowest BCUT2D eigenvalue weighted by Crippen LogP contribution is -2.47. The van der Waals surface area contributed by atoms with E-state index in [0.29, 0.717) is 11.5 Å². The van der Waals surface area contributed by atoms with Gasteiger partial charge in [-0.15, -0.1) is 0 Å². The molecule has 1 aliphatic carbocycles. The summed E-state index contributed by atoms with van der Waals surface area (Å²) < 4.78 is 7.61. The van der Waals surface area contributed by atoms with Crippen LogP contribution < -0.4 is 25.2 Å². The van der Waals surface area contributed by atoms with Crippen molar-refractivity contribution in [1.29, 1.82) is 0 Å². The second kappa shape index (κ2) is 9.24. The molecule has 1 aliphatic heterocycles. The summed E-state index contributed by atoms with van der Waals surface area (Å²) in [5.41, 5.74) is 10.0. The Morgan fingerprint density at radius 3 is 2.47 bits per heavy atom. The summed E-state index contributed by atoms with van der Waals surface area (Å²) in [6.07, 6.45) is 7.87. The van der Waals surface area contributed by atoms with Crippen molar-refractivity contribution in [3.05, 3.63) is 55.1 Å². The molecule has 2 fully saturated rings. The Bertz CT molecular complexity index is 1150. The number of ether oxygens (including phenoxy) is 1. The highest BCUT2D eigenvalue weighted by Gasteiger charge is 2.24. The first-order valence-electron chi connectivity index (χ1n) is 11.7. The van der Waals surface area contributed by atoms with Gasteiger partial charge in [-0.05, 0) is 43.0 Å². The van der Waals surface area contributed by atoms with E-state index in [0.717, 1.165) is 61.5 Å². The maximum Gasteiger partial charge on any atom is 0.161 e. The van der Waals surface area contributed by atoms with Gasteiger partial charge in [0.1, 0.15) is 17.8 Å². The van der Waals surface area contributed by atoms with Crippen LogP contribution in [0, 0.1) is 5.92 Å². The van der Waals surface area contributed by atoms with Gasteiger partial charge in [0.05, 0.1) is 12.8 Å². The average Bonchev–Trinajstić information content (AvgIpc) is 3.60. The lowest BCUT2D eigenvalue weighted by Gasteiger charge is -2.37. The standard InChI is InChI=1S/C25H32N8O/c1-18(20-14-29-30(2)15-20)31(3)24-23(26)25(28-17-27-24)33-12-10-32(11-13-33)21-6-8-22(9-7-21)34-16-19-4-5-19/h6-9,14-15,17,19H,1,4-5,10-13,16,26H2,2-3H3. The first kappa shape index (κ1) is 22.1. The minimum atomic E-state index is 0.556. The molecule has 5 rings (SSSR count). The maximum atomic E-state index is 6.55. The fourth-order valence-electron chi connectivity index (χ4n) is 4.22. The molecule has 0 amide bonds. The van der Waals surface area contributed by atoms with E-state index < -0.39 is 0 Å². The van der Waals surface area contributed by atoms with Gasteiger partial charge in [0.15, 0.2) is 11.6 Å². The smallest absolute Gasteiger partial charge is 0.161 e. The molecule has 1 saturated carbocycles. The molecule has 0 bridgehead atoms. The highest BCUT2D eigenvalue weighted by molar-refractivity contribution is 5.84. The molecule has 2 N–H and O–H groups in total. The second-order valence-corrected chi connectivity index (χ2v) is 9.07. The number of aromatic nitrogens is 4. The number of piperazine rings is 1. The molecule has 9 heteroatoms. The maximum absolute atomic E-state index is 6.55. The summed E-state index contributed by atoms with van der Waals surface area (Å²) in [6.45, 7) is 8.47. The minimum Gasteiger partial charge on any atom is -0.493 e. The molecular formula is C25H32N8O. The van der Waals surface area contributed by atoms with Crippen LogP contribution in [-0.4, -0.2) is 59.6 Å². The third-order valence-electron chi connectivity index (χ3n) is 6.57. The van der Waals surface area contributed by atoms with Gasteiger partial charge in [-0.2, -0.15) is 5.10 Å². The molecule has 3 aromatic rings. The van der Waals surface area contributed by atoms with E-state index >= 15 is 0 Å². The van der Waals surface area contributed by atoms with Crippen LogP contribution in [0.3, 0.4) is 0 Å². The van der Waals surface area contributed by atoms with E-state index in [2.05, 4.69) is 55.7 Å². The number of nitrogens with zero attached hydrogens (tertiary/aromatic N) is 7. The summed E-state index contributed by atoms with van der Waals surface area (Å²) >= 11 is 0. The van der Waals surface area contributed by atoms with Crippen molar-refractivity contribution in [3.63, 3.8) is 0 Å². The summed E-state index contributed by atoms with van der Waals surface area (Å²) in [5.74, 6) is 3.12. The molecule has 2 aliphatic rings. The van der Waals surface area contributed by atoms with Crippen LogP contribution in [0.15, 0.2) is 49.6 Å². The fourth-order valence-corrected chi connectivity index (χ4v) is 4.22. The van der Waals surface area contributed by atoms with E-state index in [9.17, 15) is 0 Å². The van der Waals surface area contributed by atoms with Crippen molar-refractivity contribution in [1.82, 2.24) is 19.7 Å². The average molecular weight is 461 g/mol. The number of nitrogens with two attached hydrogens (primary N) is 1. The Morgan fingerprint density at radius 1 is 1.12 bits per heavy atom. The summed E-state index contributed by atoms with van der Waals surface area (Å²) in [4.78, 5) is 15.5. The zero-order chi connectivity index (χ0) is 23.7. The van der Waals surface area contributed by atoms with Crippen LogP contribution in [0.4, 0.5) is 23.0 Å². The van der Waals surface area contributed by atoms with E-state index in [-0.39, 0.29) is 0 Å². The van der Waals surface area contributed by atoms with Crippen molar-refractivity contribution in [2.24, 2.45) is 13.0 Å². The van der Waals surface area contributed by atoms with Crippen LogP contribution in [0.5, 0.6) is 5.75 Å². The molecule has 2 aromatic heterocycles. The van der Waals surface area contributed by atoms with Crippen molar-refractivity contribution >= 4 is 28.7 Å². The Balaban J connectivity index is 1.23. The van der Waals surface area contributed by atoms with Crippen LogP contribution >= 0.6 is 0 Å². The molecule has 0 unspecified atom stereocenters. The third-order valence-corrected chi connectivity index (χ3v) is 6.57. The van der Waals surface area contributed by atoms with Crippen molar-refractivity contribution in [3.8, 4) is 5.75 Å². The first-order chi connectivity index (χ1) is 16.5. The molecule has 1 saturated heterocycles. The summed E-state index contributed by atoms with van der Waals surface area (Å²) in [7, 11) is 3.79. The summed E-state index contributed by atoms with van der Waals surface area (Å²) in [5, 5.41) is 4.23. The molecule has 178 valence electrons. The van der Waals surface area contributed by atoms with Crippen LogP contribution in [0.25, 0.3) is 5.70 Å². The van der Waals surface area contributed by atoms with Gasteiger partial charge in [0.2, 0.25) is 0 Å². The zero-order valence-corrected chi connectivity index (χ0v) is 19.9. The Hall–Kier alpha value is -3.75. The Labute approximate surface area is 200 Å². The van der Waals surface area contributed by atoms with Gasteiger partial charge < -0.3 is 25.2 Å². The highest BCUT2D eigenvalue weighted by Crippen LogP contribution is 2.33.